The lowest BCUT2D eigenvalue weighted by Crippen LogP contribution is -2.44. The van der Waals surface area contributed by atoms with E-state index >= 15 is 0 Å². The van der Waals surface area contributed by atoms with Gasteiger partial charge in [0.15, 0.2) is 5.52 Å². The van der Waals surface area contributed by atoms with Crippen LogP contribution in [0.4, 0.5) is 24.7 Å². The standard InChI is InChI=1S/C33H32F3N9O/c1-41(2)29-10-6-23(21-38-29)22-5-8-27-25(19-22)31-30(32(46)44(27)18-17-42-13-3-4-14-42)39-40-45(31)24-7-9-28(26(20-24)33(34,35)36)43-15-11-37-12-16-43/h3-10,13-14,19-21,37H,11-12,15-18H2,1-2H3. The van der Waals surface area contributed by atoms with Gasteiger partial charge in [-0.15, -0.1) is 5.10 Å². The number of benzene rings is 2. The van der Waals surface area contributed by atoms with Gasteiger partial charge in [-0.05, 0) is 60.2 Å². The highest BCUT2D eigenvalue weighted by atomic mass is 19.4. The first kappa shape index (κ1) is 29.5. The predicted molar refractivity (Wildman–Crippen MR) is 173 cm³/mol. The molecule has 0 unspecified atom stereocenters. The molecule has 10 nitrogen and oxygen atoms in total. The second-order valence-corrected chi connectivity index (χ2v) is 11.5. The fourth-order valence-corrected chi connectivity index (χ4v) is 6.07. The molecule has 46 heavy (non-hydrogen) atoms. The summed E-state index contributed by atoms with van der Waals surface area (Å²) in [5.74, 6) is 0.804. The second-order valence-electron chi connectivity index (χ2n) is 11.5. The van der Waals surface area contributed by atoms with Crippen molar-refractivity contribution in [3.8, 4) is 16.8 Å². The summed E-state index contributed by atoms with van der Waals surface area (Å²) in [5, 5.41) is 12.3. The van der Waals surface area contributed by atoms with E-state index in [-0.39, 0.29) is 22.5 Å². The van der Waals surface area contributed by atoms with E-state index in [1.807, 2.05) is 78.4 Å². The number of halogens is 3. The van der Waals surface area contributed by atoms with Gasteiger partial charge in [0.1, 0.15) is 11.3 Å². The highest BCUT2D eigenvalue weighted by molar-refractivity contribution is 6.04. The van der Waals surface area contributed by atoms with Crippen molar-refractivity contribution in [2.24, 2.45) is 0 Å². The maximum atomic E-state index is 14.5. The molecule has 0 amide bonds. The number of hydrogen-bond acceptors (Lipinski definition) is 7. The first-order valence-corrected chi connectivity index (χ1v) is 15.0. The second kappa shape index (κ2) is 11.6. The van der Waals surface area contributed by atoms with E-state index in [1.54, 1.807) is 21.7 Å². The summed E-state index contributed by atoms with van der Waals surface area (Å²) in [4.78, 5) is 22.1. The van der Waals surface area contributed by atoms with Crippen molar-refractivity contribution in [3.05, 3.63) is 95.2 Å². The van der Waals surface area contributed by atoms with Crippen LogP contribution in [0, 0.1) is 0 Å². The quantitative estimate of drug-likeness (QED) is 0.272. The molecule has 1 saturated heterocycles. The van der Waals surface area contributed by atoms with Crippen LogP contribution in [0.5, 0.6) is 0 Å². The van der Waals surface area contributed by atoms with Crippen molar-refractivity contribution >= 4 is 33.4 Å². The van der Waals surface area contributed by atoms with Gasteiger partial charge in [-0.2, -0.15) is 13.2 Å². The van der Waals surface area contributed by atoms with Crippen LogP contribution in [0.3, 0.4) is 0 Å². The van der Waals surface area contributed by atoms with Crippen LogP contribution in [-0.4, -0.2) is 69.4 Å². The Morgan fingerprint density at radius 1 is 0.935 bits per heavy atom. The number of fused-ring (bicyclic) bond motifs is 3. The summed E-state index contributed by atoms with van der Waals surface area (Å²) in [5.41, 5.74) is 1.91. The molecular weight excluding hydrogens is 595 g/mol. The molecule has 1 N–H and O–H groups in total. The highest BCUT2D eigenvalue weighted by Gasteiger charge is 2.36. The summed E-state index contributed by atoms with van der Waals surface area (Å²) in [6, 6.07) is 17.6. The monoisotopic (exact) mass is 627 g/mol. The molecule has 1 aliphatic heterocycles. The highest BCUT2D eigenvalue weighted by Crippen LogP contribution is 2.39. The van der Waals surface area contributed by atoms with E-state index in [2.05, 4.69) is 20.6 Å². The first-order valence-electron chi connectivity index (χ1n) is 15.0. The molecule has 2 aromatic carbocycles. The third-order valence-electron chi connectivity index (χ3n) is 8.44. The minimum absolute atomic E-state index is 0.0815. The van der Waals surface area contributed by atoms with Gasteiger partial charge >= 0.3 is 6.18 Å². The van der Waals surface area contributed by atoms with Crippen LogP contribution in [0.1, 0.15) is 5.56 Å². The molecule has 6 aromatic rings. The van der Waals surface area contributed by atoms with Gasteiger partial charge in [0, 0.05) is 88.6 Å². The molecule has 1 fully saturated rings. The Kier molecular flexibility index (Phi) is 7.47. The third-order valence-corrected chi connectivity index (χ3v) is 8.44. The van der Waals surface area contributed by atoms with Gasteiger partial charge < -0.3 is 24.3 Å². The van der Waals surface area contributed by atoms with Crippen molar-refractivity contribution in [1.29, 1.82) is 0 Å². The number of anilines is 2. The predicted octanol–water partition coefficient (Wildman–Crippen LogP) is 4.79. The van der Waals surface area contributed by atoms with E-state index in [9.17, 15) is 18.0 Å². The van der Waals surface area contributed by atoms with Gasteiger partial charge in [-0.25, -0.2) is 9.67 Å². The minimum Gasteiger partial charge on any atom is -0.368 e. The maximum absolute atomic E-state index is 14.5. The van der Waals surface area contributed by atoms with Crippen LogP contribution in [0.2, 0.25) is 0 Å². The Labute approximate surface area is 262 Å². The van der Waals surface area contributed by atoms with Crippen molar-refractivity contribution in [1.82, 2.24) is 34.4 Å². The average molecular weight is 628 g/mol. The van der Waals surface area contributed by atoms with E-state index in [4.69, 9.17) is 0 Å². The zero-order valence-electron chi connectivity index (χ0n) is 25.4. The Morgan fingerprint density at radius 3 is 2.39 bits per heavy atom. The lowest BCUT2D eigenvalue weighted by molar-refractivity contribution is -0.137. The summed E-state index contributed by atoms with van der Waals surface area (Å²) < 4.78 is 48.4. The van der Waals surface area contributed by atoms with E-state index in [0.717, 1.165) is 23.0 Å². The lowest BCUT2D eigenvalue weighted by atomic mass is 10.0. The van der Waals surface area contributed by atoms with E-state index in [0.29, 0.717) is 55.7 Å². The van der Waals surface area contributed by atoms with Gasteiger partial charge in [0.25, 0.3) is 5.56 Å². The molecule has 0 aliphatic carbocycles. The van der Waals surface area contributed by atoms with E-state index < -0.39 is 11.7 Å². The summed E-state index contributed by atoms with van der Waals surface area (Å²) in [7, 11) is 3.83. The Hall–Kier alpha value is -5.17. The molecule has 5 heterocycles. The molecule has 0 bridgehead atoms. The molecule has 236 valence electrons. The SMILES string of the molecule is CN(C)c1ccc(-c2ccc3c(c2)c2c(nnn2-c2ccc(N4CCNCC4)c(C(F)(F)F)c2)c(=O)n3CCn2cccc2)cn1. The molecule has 4 aromatic heterocycles. The zero-order chi connectivity index (χ0) is 32.0. The number of nitrogens with zero attached hydrogens (tertiary/aromatic N) is 8. The molecule has 1 aliphatic rings. The lowest BCUT2D eigenvalue weighted by Gasteiger charge is -2.31. The number of pyridine rings is 2. The molecule has 0 radical (unpaired) electrons. The van der Waals surface area contributed by atoms with Crippen molar-refractivity contribution in [3.63, 3.8) is 0 Å². The van der Waals surface area contributed by atoms with Crippen LogP contribution >= 0.6 is 0 Å². The molecule has 13 heteroatoms. The maximum Gasteiger partial charge on any atom is 0.418 e. The fourth-order valence-electron chi connectivity index (χ4n) is 6.07. The molecule has 0 atom stereocenters. The Balaban J connectivity index is 1.42. The van der Waals surface area contributed by atoms with Gasteiger partial charge in [-0.3, -0.25) is 4.79 Å². The topological polar surface area (TPSA) is 89.0 Å². The smallest absolute Gasteiger partial charge is 0.368 e. The van der Waals surface area contributed by atoms with Crippen LogP contribution < -0.4 is 20.7 Å². The van der Waals surface area contributed by atoms with Gasteiger partial charge in [0.05, 0.1) is 16.8 Å². The minimum atomic E-state index is -4.60. The normalized spacial score (nSPS) is 14.0. The number of aryl methyl sites for hydroxylation is 2. The summed E-state index contributed by atoms with van der Waals surface area (Å²) >= 11 is 0. The van der Waals surface area contributed by atoms with Crippen molar-refractivity contribution < 1.29 is 13.2 Å². The summed E-state index contributed by atoms with van der Waals surface area (Å²) in [6.45, 7) is 3.05. The third kappa shape index (κ3) is 5.36. The summed E-state index contributed by atoms with van der Waals surface area (Å²) in [6.07, 6.45) is 1.02. The fraction of sp³-hybridized carbons (Fsp3) is 0.273. The van der Waals surface area contributed by atoms with Gasteiger partial charge in [-0.1, -0.05) is 11.3 Å². The van der Waals surface area contributed by atoms with Crippen molar-refractivity contribution in [2.45, 2.75) is 19.3 Å². The number of hydrogen-bond donors (Lipinski definition) is 1. The van der Waals surface area contributed by atoms with E-state index in [1.165, 1.54) is 10.7 Å². The number of alkyl halides is 3. The molecular formula is C33H32F3N9O. The molecule has 7 rings (SSSR count). The van der Waals surface area contributed by atoms with Crippen LogP contribution in [0.15, 0.2) is 84.0 Å². The zero-order valence-corrected chi connectivity index (χ0v) is 25.4. The molecule has 0 saturated carbocycles. The van der Waals surface area contributed by atoms with Gasteiger partial charge in [0.2, 0.25) is 0 Å². The molecule has 0 spiro atoms. The number of piperazine rings is 1. The van der Waals surface area contributed by atoms with Crippen molar-refractivity contribution in [2.75, 3.05) is 50.1 Å². The number of rotatable bonds is 7. The number of nitrogens with one attached hydrogen (secondary N) is 1. The Bertz CT molecular complexity index is 2080. The largest absolute Gasteiger partial charge is 0.418 e. The Morgan fingerprint density at radius 2 is 1.70 bits per heavy atom. The first-order chi connectivity index (χ1) is 22.2. The average Bonchev–Trinajstić information content (AvgIpc) is 3.75. The number of aromatic nitrogens is 6. The van der Waals surface area contributed by atoms with Crippen LogP contribution in [0.25, 0.3) is 38.8 Å². The van der Waals surface area contributed by atoms with Crippen LogP contribution in [-0.2, 0) is 19.3 Å².